The van der Waals surface area contributed by atoms with Crippen molar-refractivity contribution in [3.05, 3.63) is 35.5 Å². The van der Waals surface area contributed by atoms with E-state index in [1.165, 1.54) is 0 Å². The standard InChI is InChI=1S/C18H25N5S/c1-17(2,3)10-18(4,5)22-15-9-23(16(24)21-15)12-6-7-13-14(8-12)20-11-19-13/h6-9,11,22H,10H2,1-5H3,(H,19,20)(H,21,24). The number of H-pyrrole nitrogens is 2. The maximum atomic E-state index is 5.50. The van der Waals surface area contributed by atoms with E-state index in [9.17, 15) is 0 Å². The fraction of sp³-hybridized carbons (Fsp3) is 0.444. The molecule has 0 saturated heterocycles. The highest BCUT2D eigenvalue weighted by Crippen LogP contribution is 2.29. The molecule has 3 N–H and O–H groups in total. The number of fused-ring (bicyclic) bond motifs is 1. The van der Waals surface area contributed by atoms with Gasteiger partial charge in [-0.3, -0.25) is 4.57 Å². The van der Waals surface area contributed by atoms with Gasteiger partial charge in [-0.15, -0.1) is 0 Å². The summed E-state index contributed by atoms with van der Waals surface area (Å²) in [6, 6.07) is 6.07. The Hall–Kier alpha value is -2.08. The lowest BCUT2D eigenvalue weighted by Gasteiger charge is -2.33. The molecule has 0 atom stereocenters. The number of aromatic nitrogens is 4. The second kappa shape index (κ2) is 5.77. The maximum absolute atomic E-state index is 5.50. The van der Waals surface area contributed by atoms with Gasteiger partial charge in [0.1, 0.15) is 5.82 Å². The Kier molecular flexibility index (Phi) is 4.03. The number of imidazole rings is 2. The predicted molar refractivity (Wildman–Crippen MR) is 102 cm³/mol. The van der Waals surface area contributed by atoms with Gasteiger partial charge in [0.05, 0.1) is 29.2 Å². The van der Waals surface area contributed by atoms with E-state index in [0.29, 0.717) is 4.77 Å². The quantitative estimate of drug-likeness (QED) is 0.582. The third kappa shape index (κ3) is 3.70. The summed E-state index contributed by atoms with van der Waals surface area (Å²) >= 11 is 5.50. The number of nitrogens with zero attached hydrogens (tertiary/aromatic N) is 2. The molecule has 5 nitrogen and oxygen atoms in total. The van der Waals surface area contributed by atoms with Gasteiger partial charge in [0.15, 0.2) is 4.77 Å². The molecule has 0 spiro atoms. The molecule has 0 fully saturated rings. The van der Waals surface area contributed by atoms with E-state index >= 15 is 0 Å². The molecule has 0 aliphatic heterocycles. The zero-order chi connectivity index (χ0) is 17.5. The molecular weight excluding hydrogens is 318 g/mol. The third-order valence-corrected chi connectivity index (χ3v) is 4.14. The van der Waals surface area contributed by atoms with Crippen LogP contribution in [0.1, 0.15) is 41.0 Å². The van der Waals surface area contributed by atoms with Crippen molar-refractivity contribution in [2.45, 2.75) is 46.6 Å². The number of rotatable bonds is 4. The highest BCUT2D eigenvalue weighted by molar-refractivity contribution is 7.71. The van der Waals surface area contributed by atoms with Crippen molar-refractivity contribution in [2.75, 3.05) is 5.32 Å². The largest absolute Gasteiger partial charge is 0.365 e. The van der Waals surface area contributed by atoms with Crippen molar-refractivity contribution in [2.24, 2.45) is 5.41 Å². The van der Waals surface area contributed by atoms with Crippen LogP contribution in [0.3, 0.4) is 0 Å². The molecule has 2 heterocycles. The molecule has 1 aromatic carbocycles. The molecule has 0 radical (unpaired) electrons. The lowest BCUT2D eigenvalue weighted by Crippen LogP contribution is -2.35. The molecule has 128 valence electrons. The molecule has 3 aromatic rings. The summed E-state index contributed by atoms with van der Waals surface area (Å²) in [5.74, 6) is 0.930. The van der Waals surface area contributed by atoms with E-state index in [-0.39, 0.29) is 11.0 Å². The lowest BCUT2D eigenvalue weighted by molar-refractivity contribution is 0.302. The molecular formula is C18H25N5S. The molecule has 2 aromatic heterocycles. The van der Waals surface area contributed by atoms with Crippen molar-refractivity contribution in [3.8, 4) is 5.69 Å². The maximum Gasteiger partial charge on any atom is 0.183 e. The summed E-state index contributed by atoms with van der Waals surface area (Å²) in [6.07, 6.45) is 4.77. The van der Waals surface area contributed by atoms with Gasteiger partial charge >= 0.3 is 0 Å². The molecule has 0 bridgehead atoms. The fourth-order valence-corrected chi connectivity index (χ4v) is 3.73. The first kappa shape index (κ1) is 16.8. The Morgan fingerprint density at radius 3 is 2.67 bits per heavy atom. The average Bonchev–Trinajstić information content (AvgIpc) is 3.00. The van der Waals surface area contributed by atoms with Crippen LogP contribution in [0, 0.1) is 10.2 Å². The van der Waals surface area contributed by atoms with Gasteiger partial charge in [0.25, 0.3) is 0 Å². The summed E-state index contributed by atoms with van der Waals surface area (Å²) < 4.78 is 2.65. The molecule has 0 unspecified atom stereocenters. The zero-order valence-electron chi connectivity index (χ0n) is 14.9. The number of benzene rings is 1. The smallest absolute Gasteiger partial charge is 0.183 e. The first-order valence-corrected chi connectivity index (χ1v) is 8.57. The van der Waals surface area contributed by atoms with Gasteiger partial charge in [0, 0.05) is 5.54 Å². The Labute approximate surface area is 147 Å². The van der Waals surface area contributed by atoms with Crippen LogP contribution >= 0.6 is 12.2 Å². The first-order chi connectivity index (χ1) is 11.1. The zero-order valence-corrected chi connectivity index (χ0v) is 15.7. The van der Waals surface area contributed by atoms with Crippen LogP contribution in [0.15, 0.2) is 30.7 Å². The van der Waals surface area contributed by atoms with Gasteiger partial charge in [-0.05, 0) is 56.1 Å². The summed E-state index contributed by atoms with van der Waals surface area (Å²) in [4.78, 5) is 10.7. The van der Waals surface area contributed by atoms with Gasteiger partial charge in [0.2, 0.25) is 0 Å². The normalized spacial score (nSPS) is 12.7. The van der Waals surface area contributed by atoms with Crippen LogP contribution in [-0.2, 0) is 0 Å². The lowest BCUT2D eigenvalue weighted by atomic mass is 9.82. The third-order valence-electron chi connectivity index (χ3n) is 3.85. The van der Waals surface area contributed by atoms with E-state index in [1.54, 1.807) is 6.33 Å². The van der Waals surface area contributed by atoms with Gasteiger partial charge in [-0.25, -0.2) is 4.98 Å². The van der Waals surface area contributed by atoms with Crippen LogP contribution in [0.4, 0.5) is 5.82 Å². The number of hydrogen-bond donors (Lipinski definition) is 3. The molecule has 0 saturated carbocycles. The van der Waals surface area contributed by atoms with E-state index in [0.717, 1.165) is 29.0 Å². The number of anilines is 1. The van der Waals surface area contributed by atoms with Crippen LogP contribution in [-0.4, -0.2) is 25.1 Å². The Morgan fingerprint density at radius 1 is 1.21 bits per heavy atom. The Bertz CT molecular complexity index is 907. The molecule has 24 heavy (non-hydrogen) atoms. The molecule has 0 aliphatic carbocycles. The molecule has 6 heteroatoms. The second-order valence-corrected chi connectivity index (χ2v) is 8.58. The summed E-state index contributed by atoms with van der Waals surface area (Å²) in [6.45, 7) is 11.2. The van der Waals surface area contributed by atoms with Crippen LogP contribution < -0.4 is 5.32 Å². The predicted octanol–water partition coefficient (Wildman–Crippen LogP) is 5.04. The van der Waals surface area contributed by atoms with Crippen LogP contribution in [0.5, 0.6) is 0 Å². The van der Waals surface area contributed by atoms with E-state index in [2.05, 4.69) is 61.0 Å². The van der Waals surface area contributed by atoms with Crippen molar-refractivity contribution in [1.29, 1.82) is 0 Å². The van der Waals surface area contributed by atoms with E-state index in [4.69, 9.17) is 12.2 Å². The molecule has 0 amide bonds. The summed E-state index contributed by atoms with van der Waals surface area (Å²) in [5.41, 5.74) is 3.18. The van der Waals surface area contributed by atoms with Crippen molar-refractivity contribution >= 4 is 29.1 Å². The second-order valence-electron chi connectivity index (χ2n) is 8.19. The van der Waals surface area contributed by atoms with Crippen molar-refractivity contribution in [3.63, 3.8) is 0 Å². The average molecular weight is 344 g/mol. The summed E-state index contributed by atoms with van der Waals surface area (Å²) in [7, 11) is 0. The van der Waals surface area contributed by atoms with Crippen molar-refractivity contribution in [1.82, 2.24) is 19.5 Å². The fourth-order valence-electron chi connectivity index (χ4n) is 3.46. The first-order valence-electron chi connectivity index (χ1n) is 8.16. The Balaban J connectivity index is 1.88. The topological polar surface area (TPSA) is 61.4 Å². The van der Waals surface area contributed by atoms with E-state index < -0.39 is 0 Å². The minimum absolute atomic E-state index is 0.0317. The van der Waals surface area contributed by atoms with Gasteiger partial charge in [-0.2, -0.15) is 0 Å². The van der Waals surface area contributed by atoms with Gasteiger partial charge < -0.3 is 15.3 Å². The molecule has 3 rings (SSSR count). The van der Waals surface area contributed by atoms with Gasteiger partial charge in [-0.1, -0.05) is 20.8 Å². The highest BCUT2D eigenvalue weighted by atomic mass is 32.1. The monoisotopic (exact) mass is 343 g/mol. The minimum atomic E-state index is -0.0317. The number of hydrogen-bond acceptors (Lipinski definition) is 3. The highest BCUT2D eigenvalue weighted by Gasteiger charge is 2.25. The van der Waals surface area contributed by atoms with E-state index in [1.807, 2.05) is 22.9 Å². The summed E-state index contributed by atoms with van der Waals surface area (Å²) in [5, 5.41) is 3.57. The van der Waals surface area contributed by atoms with Crippen LogP contribution in [0.25, 0.3) is 16.7 Å². The minimum Gasteiger partial charge on any atom is -0.365 e. The number of aromatic amines is 2. The van der Waals surface area contributed by atoms with Crippen molar-refractivity contribution < 1.29 is 0 Å². The number of nitrogens with one attached hydrogen (secondary N) is 3. The SMILES string of the molecule is CC(C)(C)CC(C)(C)Nc1cn(-c2ccc3nc[nH]c3c2)c(=S)[nH]1. The van der Waals surface area contributed by atoms with Crippen LogP contribution in [0.2, 0.25) is 0 Å². The Morgan fingerprint density at radius 2 is 1.96 bits per heavy atom. The molecule has 0 aliphatic rings.